The Kier molecular flexibility index (Phi) is 4.38. The number of imidazole rings is 1. The molecule has 0 fully saturated rings. The van der Waals surface area contributed by atoms with Crippen LogP contribution in [0, 0.1) is 0 Å². The fourth-order valence-electron chi connectivity index (χ4n) is 2.97. The van der Waals surface area contributed by atoms with Gasteiger partial charge in [0.15, 0.2) is 5.16 Å². The van der Waals surface area contributed by atoms with Crippen LogP contribution in [-0.4, -0.2) is 31.2 Å². The van der Waals surface area contributed by atoms with Crippen molar-refractivity contribution in [1.82, 2.24) is 19.6 Å². The summed E-state index contributed by atoms with van der Waals surface area (Å²) >= 11 is 1.39. The first-order valence-electron chi connectivity index (χ1n) is 8.46. The third-order valence-electron chi connectivity index (χ3n) is 4.19. The van der Waals surface area contributed by atoms with Gasteiger partial charge in [0, 0.05) is 5.69 Å². The molecular weight excluding hydrogens is 346 g/mol. The first kappa shape index (κ1) is 16.7. The van der Waals surface area contributed by atoms with Gasteiger partial charge in [-0.2, -0.15) is 0 Å². The summed E-state index contributed by atoms with van der Waals surface area (Å²) in [6.07, 6.45) is 0. The quantitative estimate of drug-likeness (QED) is 0.523. The van der Waals surface area contributed by atoms with Crippen molar-refractivity contribution >= 4 is 40.2 Å². The van der Waals surface area contributed by atoms with Crippen LogP contribution in [0.2, 0.25) is 0 Å². The molecule has 2 aromatic heterocycles. The van der Waals surface area contributed by atoms with Crippen molar-refractivity contribution in [3.63, 3.8) is 0 Å². The van der Waals surface area contributed by atoms with Crippen LogP contribution in [0.5, 0.6) is 0 Å². The molecule has 0 saturated carbocycles. The maximum atomic E-state index is 12.4. The van der Waals surface area contributed by atoms with Crippen LogP contribution < -0.4 is 5.32 Å². The molecule has 0 radical (unpaired) electrons. The lowest BCUT2D eigenvalue weighted by molar-refractivity contribution is -0.113. The molecule has 2 N–H and O–H groups in total. The SMILES string of the molecule is CC(C)c1ccccc1NC(=O)CSc1n[nH]c2nc3ccccc3n12. The highest BCUT2D eigenvalue weighted by Crippen LogP contribution is 2.25. The number of para-hydroxylation sites is 3. The van der Waals surface area contributed by atoms with Gasteiger partial charge in [-0.05, 0) is 29.7 Å². The van der Waals surface area contributed by atoms with Crippen LogP contribution in [0.3, 0.4) is 0 Å². The number of carbonyl (C=O) groups is 1. The molecule has 0 spiro atoms. The van der Waals surface area contributed by atoms with Crippen molar-refractivity contribution in [2.75, 3.05) is 11.1 Å². The molecule has 7 heteroatoms. The molecule has 0 saturated heterocycles. The summed E-state index contributed by atoms with van der Waals surface area (Å²) in [7, 11) is 0. The van der Waals surface area contributed by atoms with Crippen molar-refractivity contribution in [1.29, 1.82) is 0 Å². The summed E-state index contributed by atoms with van der Waals surface area (Å²) in [5.74, 6) is 1.25. The number of H-pyrrole nitrogens is 1. The fraction of sp³-hybridized carbons (Fsp3) is 0.211. The van der Waals surface area contributed by atoms with Gasteiger partial charge in [-0.1, -0.05) is 55.9 Å². The maximum Gasteiger partial charge on any atom is 0.234 e. The minimum atomic E-state index is -0.0522. The summed E-state index contributed by atoms with van der Waals surface area (Å²) in [6, 6.07) is 15.8. The number of benzene rings is 2. The van der Waals surface area contributed by atoms with E-state index in [-0.39, 0.29) is 11.7 Å². The van der Waals surface area contributed by atoms with Crippen LogP contribution >= 0.6 is 11.8 Å². The Hall–Kier alpha value is -2.80. The molecule has 132 valence electrons. The Balaban J connectivity index is 1.51. The Morgan fingerprint density at radius 3 is 2.81 bits per heavy atom. The number of hydrogen-bond acceptors (Lipinski definition) is 4. The highest BCUT2D eigenvalue weighted by Gasteiger charge is 2.14. The molecule has 26 heavy (non-hydrogen) atoms. The van der Waals surface area contributed by atoms with Gasteiger partial charge >= 0.3 is 0 Å². The van der Waals surface area contributed by atoms with Crippen LogP contribution in [0.4, 0.5) is 5.69 Å². The smallest absolute Gasteiger partial charge is 0.234 e. The van der Waals surface area contributed by atoms with Crippen molar-refractivity contribution < 1.29 is 4.79 Å². The van der Waals surface area contributed by atoms with Crippen LogP contribution in [0.15, 0.2) is 53.7 Å². The summed E-state index contributed by atoms with van der Waals surface area (Å²) in [5, 5.41) is 10.9. The topological polar surface area (TPSA) is 75.1 Å². The second kappa shape index (κ2) is 6.84. The van der Waals surface area contributed by atoms with Gasteiger partial charge in [0.1, 0.15) is 0 Å². The van der Waals surface area contributed by atoms with E-state index in [2.05, 4.69) is 34.3 Å². The largest absolute Gasteiger partial charge is 0.325 e. The summed E-state index contributed by atoms with van der Waals surface area (Å²) in [6.45, 7) is 4.23. The highest BCUT2D eigenvalue weighted by atomic mass is 32.2. The Morgan fingerprint density at radius 1 is 1.19 bits per heavy atom. The van der Waals surface area contributed by atoms with Crippen LogP contribution in [-0.2, 0) is 4.79 Å². The standard InChI is InChI=1S/C19H19N5OS/c1-12(2)13-7-3-4-8-14(13)20-17(25)11-26-19-23-22-18-21-15-9-5-6-10-16(15)24(18)19/h3-10,12H,11H2,1-2H3,(H,20,25)(H,21,22). The zero-order valence-electron chi connectivity index (χ0n) is 14.6. The first-order chi connectivity index (χ1) is 12.6. The first-order valence-corrected chi connectivity index (χ1v) is 9.45. The number of nitrogens with zero attached hydrogens (tertiary/aromatic N) is 3. The number of fused-ring (bicyclic) bond motifs is 3. The molecule has 0 aliphatic heterocycles. The molecule has 0 atom stereocenters. The van der Waals surface area contributed by atoms with Gasteiger partial charge in [0.2, 0.25) is 11.7 Å². The van der Waals surface area contributed by atoms with E-state index in [0.717, 1.165) is 27.4 Å². The fourth-order valence-corrected chi connectivity index (χ4v) is 3.73. The summed E-state index contributed by atoms with van der Waals surface area (Å²) in [5.41, 5.74) is 3.88. The van der Waals surface area contributed by atoms with Gasteiger partial charge in [-0.15, -0.1) is 5.10 Å². The van der Waals surface area contributed by atoms with Gasteiger partial charge in [0.25, 0.3) is 0 Å². The number of anilines is 1. The van der Waals surface area contributed by atoms with E-state index in [4.69, 9.17) is 0 Å². The van der Waals surface area contributed by atoms with E-state index in [1.165, 1.54) is 11.8 Å². The van der Waals surface area contributed by atoms with E-state index in [1.807, 2.05) is 52.9 Å². The van der Waals surface area contributed by atoms with Gasteiger partial charge in [0.05, 0.1) is 16.8 Å². The highest BCUT2D eigenvalue weighted by molar-refractivity contribution is 7.99. The van der Waals surface area contributed by atoms with Crippen molar-refractivity contribution in [3.8, 4) is 0 Å². The molecule has 0 unspecified atom stereocenters. The molecule has 0 bridgehead atoms. The lowest BCUT2D eigenvalue weighted by Crippen LogP contribution is -2.15. The number of amides is 1. The number of carbonyl (C=O) groups excluding carboxylic acids is 1. The predicted molar refractivity (Wildman–Crippen MR) is 105 cm³/mol. The molecule has 1 amide bonds. The number of nitrogens with one attached hydrogen (secondary N) is 2. The number of rotatable bonds is 5. The monoisotopic (exact) mass is 365 g/mol. The molecule has 0 aliphatic carbocycles. The molecule has 0 aliphatic rings. The zero-order chi connectivity index (χ0) is 18.1. The third kappa shape index (κ3) is 3.06. The number of aromatic amines is 1. The normalized spacial score (nSPS) is 11.5. The van der Waals surface area contributed by atoms with Crippen molar-refractivity contribution in [2.24, 2.45) is 0 Å². The average Bonchev–Trinajstić information content (AvgIpc) is 3.19. The Labute approximate surface area is 155 Å². The van der Waals surface area contributed by atoms with E-state index >= 15 is 0 Å². The predicted octanol–water partition coefficient (Wildman–Crippen LogP) is 4.06. The molecule has 6 nitrogen and oxygen atoms in total. The van der Waals surface area contributed by atoms with Gasteiger partial charge in [-0.25, -0.2) is 10.1 Å². The summed E-state index contributed by atoms with van der Waals surface area (Å²) < 4.78 is 1.94. The molecule has 4 aromatic rings. The molecule has 2 aromatic carbocycles. The second-order valence-corrected chi connectivity index (χ2v) is 7.29. The second-order valence-electron chi connectivity index (χ2n) is 6.34. The van der Waals surface area contributed by atoms with Crippen LogP contribution in [0.25, 0.3) is 16.8 Å². The van der Waals surface area contributed by atoms with E-state index in [1.54, 1.807) is 0 Å². The number of aromatic nitrogens is 4. The van der Waals surface area contributed by atoms with Gasteiger partial charge < -0.3 is 5.32 Å². The number of hydrogen-bond donors (Lipinski definition) is 2. The minimum absolute atomic E-state index is 0.0522. The van der Waals surface area contributed by atoms with E-state index < -0.39 is 0 Å². The average molecular weight is 365 g/mol. The maximum absolute atomic E-state index is 12.4. The zero-order valence-corrected chi connectivity index (χ0v) is 15.4. The van der Waals surface area contributed by atoms with Crippen molar-refractivity contribution in [2.45, 2.75) is 24.9 Å². The lowest BCUT2D eigenvalue weighted by atomic mass is 10.0. The lowest BCUT2D eigenvalue weighted by Gasteiger charge is -2.13. The molecular formula is C19H19N5OS. The van der Waals surface area contributed by atoms with E-state index in [0.29, 0.717) is 11.7 Å². The molecule has 4 rings (SSSR count). The van der Waals surface area contributed by atoms with E-state index in [9.17, 15) is 4.79 Å². The Morgan fingerprint density at radius 2 is 1.96 bits per heavy atom. The van der Waals surface area contributed by atoms with Crippen LogP contribution in [0.1, 0.15) is 25.3 Å². The molecule has 2 heterocycles. The summed E-state index contributed by atoms with van der Waals surface area (Å²) in [4.78, 5) is 16.9. The third-order valence-corrected chi connectivity index (χ3v) is 5.13. The number of thioether (sulfide) groups is 1. The Bertz CT molecular complexity index is 1080. The minimum Gasteiger partial charge on any atom is -0.325 e. The van der Waals surface area contributed by atoms with Gasteiger partial charge in [-0.3, -0.25) is 9.20 Å². The van der Waals surface area contributed by atoms with Crippen molar-refractivity contribution in [3.05, 3.63) is 54.1 Å².